The Balaban J connectivity index is 2.74. The zero-order valence-corrected chi connectivity index (χ0v) is 9.48. The van der Waals surface area contributed by atoms with E-state index < -0.39 is 17.6 Å². The molecule has 1 aromatic rings. The molecule has 0 amide bonds. The Morgan fingerprint density at radius 2 is 2.00 bits per heavy atom. The summed E-state index contributed by atoms with van der Waals surface area (Å²) in [7, 11) is 0. The lowest BCUT2D eigenvalue weighted by Crippen LogP contribution is -2.06. The summed E-state index contributed by atoms with van der Waals surface area (Å²) < 4.78 is 31.0. The molecule has 16 heavy (non-hydrogen) atoms. The van der Waals surface area contributed by atoms with E-state index in [1.165, 1.54) is 0 Å². The molecule has 0 aromatic heterocycles. The van der Waals surface area contributed by atoms with Gasteiger partial charge in [-0.05, 0) is 25.5 Å². The van der Waals surface area contributed by atoms with Gasteiger partial charge in [-0.1, -0.05) is 11.6 Å². The maximum Gasteiger partial charge on any atom is 0.306 e. The summed E-state index contributed by atoms with van der Waals surface area (Å²) in [4.78, 5) is 11.0. The van der Waals surface area contributed by atoms with Crippen molar-refractivity contribution in [2.45, 2.75) is 19.8 Å². The van der Waals surface area contributed by atoms with Gasteiger partial charge in [0.2, 0.25) is 0 Å². The number of halogens is 3. The molecule has 0 heterocycles. The highest BCUT2D eigenvalue weighted by Crippen LogP contribution is 2.24. The van der Waals surface area contributed by atoms with E-state index in [2.05, 4.69) is 4.74 Å². The second-order valence-corrected chi connectivity index (χ2v) is 3.50. The molecule has 0 bridgehead atoms. The summed E-state index contributed by atoms with van der Waals surface area (Å²) in [5.74, 6) is -1.76. The molecule has 0 radical (unpaired) electrons. The Morgan fingerprint density at radius 1 is 1.38 bits per heavy atom. The molecule has 0 spiro atoms. The number of hydrogen-bond donors (Lipinski definition) is 0. The van der Waals surface area contributed by atoms with Gasteiger partial charge in [0, 0.05) is 12.0 Å². The Bertz CT molecular complexity index is 394. The predicted molar refractivity (Wildman–Crippen MR) is 56.3 cm³/mol. The van der Waals surface area contributed by atoms with E-state index >= 15 is 0 Å². The van der Waals surface area contributed by atoms with Crippen molar-refractivity contribution < 1.29 is 18.3 Å². The Labute approximate surface area is 97.2 Å². The van der Waals surface area contributed by atoms with Gasteiger partial charge in [0.1, 0.15) is 11.6 Å². The molecular formula is C11H11ClF2O2. The van der Waals surface area contributed by atoms with Crippen LogP contribution in [0.25, 0.3) is 0 Å². The second-order valence-electron chi connectivity index (χ2n) is 3.13. The lowest BCUT2D eigenvalue weighted by atomic mass is 10.1. The van der Waals surface area contributed by atoms with E-state index in [4.69, 9.17) is 11.6 Å². The van der Waals surface area contributed by atoms with Gasteiger partial charge in [0.15, 0.2) is 0 Å². The van der Waals surface area contributed by atoms with Crippen molar-refractivity contribution in [3.05, 3.63) is 34.4 Å². The normalized spacial score (nSPS) is 10.2. The van der Waals surface area contributed by atoms with E-state index in [0.29, 0.717) is 0 Å². The number of carbonyl (C=O) groups excluding carboxylic acids is 1. The average molecular weight is 249 g/mol. The van der Waals surface area contributed by atoms with Crippen LogP contribution in [0.5, 0.6) is 0 Å². The Kier molecular flexibility index (Phi) is 4.68. The molecule has 0 aliphatic carbocycles. The van der Waals surface area contributed by atoms with Gasteiger partial charge in [-0.3, -0.25) is 4.79 Å². The first kappa shape index (κ1) is 12.9. The summed E-state index contributed by atoms with van der Waals surface area (Å²) in [6, 6.07) is 1.94. The van der Waals surface area contributed by atoms with E-state index in [1.807, 2.05) is 0 Å². The van der Waals surface area contributed by atoms with E-state index in [1.54, 1.807) is 6.92 Å². The van der Waals surface area contributed by atoms with E-state index in [9.17, 15) is 13.6 Å². The molecule has 0 N–H and O–H groups in total. The largest absolute Gasteiger partial charge is 0.466 e. The molecule has 0 fully saturated rings. The van der Waals surface area contributed by atoms with Crippen molar-refractivity contribution in [1.82, 2.24) is 0 Å². The summed E-state index contributed by atoms with van der Waals surface area (Å²) >= 11 is 5.59. The number of rotatable bonds is 4. The van der Waals surface area contributed by atoms with Gasteiger partial charge in [-0.2, -0.15) is 0 Å². The molecule has 0 saturated heterocycles. The SMILES string of the molecule is CCOC(=O)CCc1c(F)ccc(F)c1Cl. The summed E-state index contributed by atoms with van der Waals surface area (Å²) in [6.45, 7) is 1.94. The van der Waals surface area contributed by atoms with Gasteiger partial charge in [-0.25, -0.2) is 8.78 Å². The van der Waals surface area contributed by atoms with Crippen molar-refractivity contribution in [2.24, 2.45) is 0 Å². The monoisotopic (exact) mass is 248 g/mol. The van der Waals surface area contributed by atoms with Crippen LogP contribution in [0.1, 0.15) is 18.9 Å². The fraction of sp³-hybridized carbons (Fsp3) is 0.364. The minimum atomic E-state index is -0.693. The number of ether oxygens (including phenoxy) is 1. The standard InChI is InChI=1S/C11H11ClF2O2/c1-2-16-10(15)6-3-7-8(13)4-5-9(14)11(7)12/h4-5H,2-3,6H2,1H3. The maximum absolute atomic E-state index is 13.3. The van der Waals surface area contributed by atoms with Crippen LogP contribution in [0.15, 0.2) is 12.1 Å². The number of hydrogen-bond acceptors (Lipinski definition) is 2. The predicted octanol–water partition coefficient (Wildman–Crippen LogP) is 3.11. The lowest BCUT2D eigenvalue weighted by molar-refractivity contribution is -0.143. The quantitative estimate of drug-likeness (QED) is 0.605. The number of benzene rings is 1. The maximum atomic E-state index is 13.3. The first-order valence-corrected chi connectivity index (χ1v) is 5.22. The van der Waals surface area contributed by atoms with Crippen molar-refractivity contribution in [1.29, 1.82) is 0 Å². The highest BCUT2D eigenvalue weighted by atomic mass is 35.5. The first-order chi connectivity index (χ1) is 7.56. The number of esters is 1. The van der Waals surface area contributed by atoms with Crippen LogP contribution < -0.4 is 0 Å². The van der Waals surface area contributed by atoms with Crippen molar-refractivity contribution in [3.63, 3.8) is 0 Å². The molecule has 0 saturated carbocycles. The molecule has 5 heteroatoms. The molecule has 0 unspecified atom stereocenters. The van der Waals surface area contributed by atoms with Gasteiger partial charge in [-0.15, -0.1) is 0 Å². The molecule has 0 aliphatic rings. The molecular weight excluding hydrogens is 238 g/mol. The first-order valence-electron chi connectivity index (χ1n) is 4.84. The third-order valence-corrected chi connectivity index (χ3v) is 2.43. The van der Waals surface area contributed by atoms with Crippen molar-refractivity contribution >= 4 is 17.6 Å². The van der Waals surface area contributed by atoms with Gasteiger partial charge < -0.3 is 4.74 Å². The van der Waals surface area contributed by atoms with Crippen LogP contribution in [-0.4, -0.2) is 12.6 Å². The molecule has 2 nitrogen and oxygen atoms in total. The van der Waals surface area contributed by atoms with Crippen LogP contribution in [0.3, 0.4) is 0 Å². The smallest absolute Gasteiger partial charge is 0.306 e. The summed E-state index contributed by atoms with van der Waals surface area (Å²) in [5.41, 5.74) is 0.00900. The van der Waals surface area contributed by atoms with Gasteiger partial charge in [0.05, 0.1) is 11.6 Å². The van der Waals surface area contributed by atoms with E-state index in [0.717, 1.165) is 12.1 Å². The van der Waals surface area contributed by atoms with Crippen LogP contribution >= 0.6 is 11.6 Å². The highest BCUT2D eigenvalue weighted by Gasteiger charge is 2.13. The van der Waals surface area contributed by atoms with E-state index in [-0.39, 0.29) is 30.0 Å². The van der Waals surface area contributed by atoms with Crippen LogP contribution in [-0.2, 0) is 16.0 Å². The molecule has 1 aromatic carbocycles. The zero-order chi connectivity index (χ0) is 12.1. The topological polar surface area (TPSA) is 26.3 Å². The van der Waals surface area contributed by atoms with Crippen LogP contribution in [0.2, 0.25) is 5.02 Å². The second kappa shape index (κ2) is 5.80. The molecule has 0 atom stereocenters. The zero-order valence-electron chi connectivity index (χ0n) is 8.73. The third kappa shape index (κ3) is 3.17. The molecule has 88 valence electrons. The van der Waals surface area contributed by atoms with Crippen molar-refractivity contribution in [3.8, 4) is 0 Å². The third-order valence-electron chi connectivity index (χ3n) is 2.02. The summed E-state index contributed by atoms with van der Waals surface area (Å²) in [6.07, 6.45) is 0.00912. The molecule has 0 aliphatic heterocycles. The van der Waals surface area contributed by atoms with Gasteiger partial charge >= 0.3 is 5.97 Å². The average Bonchev–Trinajstić information content (AvgIpc) is 2.24. The highest BCUT2D eigenvalue weighted by molar-refractivity contribution is 6.31. The summed E-state index contributed by atoms with van der Waals surface area (Å²) in [5, 5.41) is -0.274. The van der Waals surface area contributed by atoms with Crippen molar-refractivity contribution in [2.75, 3.05) is 6.61 Å². The minimum absolute atomic E-state index is 0.00900. The van der Waals surface area contributed by atoms with Crippen LogP contribution in [0.4, 0.5) is 8.78 Å². The van der Waals surface area contributed by atoms with Crippen LogP contribution in [0, 0.1) is 11.6 Å². The Morgan fingerprint density at radius 3 is 2.62 bits per heavy atom. The fourth-order valence-corrected chi connectivity index (χ4v) is 1.51. The fourth-order valence-electron chi connectivity index (χ4n) is 1.26. The Hall–Kier alpha value is -1.16. The van der Waals surface area contributed by atoms with Gasteiger partial charge in [0.25, 0.3) is 0 Å². The minimum Gasteiger partial charge on any atom is -0.466 e. The molecule has 1 rings (SSSR count). The lowest BCUT2D eigenvalue weighted by Gasteiger charge is -2.06. The number of carbonyl (C=O) groups is 1.